The van der Waals surface area contributed by atoms with Crippen LogP contribution in [0.15, 0.2) is 65.6 Å². The van der Waals surface area contributed by atoms with Crippen LogP contribution < -0.4 is 0 Å². The van der Waals surface area contributed by atoms with E-state index in [4.69, 9.17) is 12.6 Å². The quantitative estimate of drug-likeness (QED) is 0.533. The van der Waals surface area contributed by atoms with Crippen LogP contribution in [0.3, 0.4) is 0 Å². The van der Waals surface area contributed by atoms with Gasteiger partial charge in [-0.05, 0) is 59.7 Å². The molecule has 3 aromatic rings. The van der Waals surface area contributed by atoms with Crippen LogP contribution in [0.1, 0.15) is 16.7 Å². The summed E-state index contributed by atoms with van der Waals surface area (Å²) in [4.78, 5) is 1.09. The Morgan fingerprint density at radius 1 is 0.545 bits per heavy atom. The highest BCUT2D eigenvalue weighted by molar-refractivity contribution is 7.80. The molecule has 0 aliphatic rings. The fraction of sp³-hybridized carbons (Fsp3) is 0.143. The van der Waals surface area contributed by atoms with Crippen molar-refractivity contribution in [1.82, 2.24) is 0 Å². The maximum atomic E-state index is 4.80. The zero-order chi connectivity index (χ0) is 15.7. The van der Waals surface area contributed by atoms with Gasteiger partial charge in [0.2, 0.25) is 0 Å². The molecule has 0 amide bonds. The van der Waals surface area contributed by atoms with Gasteiger partial charge in [0.05, 0.1) is 0 Å². The topological polar surface area (TPSA) is 0 Å². The zero-order valence-electron chi connectivity index (χ0n) is 13.2. The SMILES string of the molecule is Cc1c(S)c(C)c(-c2ccccc2)c(C)c1-c1ccccc1. The fourth-order valence-electron chi connectivity index (χ4n) is 3.28. The molecule has 0 saturated heterocycles. The van der Waals surface area contributed by atoms with Crippen molar-refractivity contribution >= 4 is 12.6 Å². The lowest BCUT2D eigenvalue weighted by atomic mass is 9.86. The maximum absolute atomic E-state index is 4.80. The van der Waals surface area contributed by atoms with Gasteiger partial charge in [-0.3, -0.25) is 0 Å². The maximum Gasteiger partial charge on any atom is 0.0111 e. The first kappa shape index (κ1) is 14.9. The predicted octanol–water partition coefficient (Wildman–Crippen LogP) is 6.23. The Labute approximate surface area is 138 Å². The van der Waals surface area contributed by atoms with Crippen molar-refractivity contribution in [3.63, 3.8) is 0 Å². The second-order valence-corrected chi connectivity index (χ2v) is 6.15. The molecule has 0 unspecified atom stereocenters. The van der Waals surface area contributed by atoms with Gasteiger partial charge in [0.25, 0.3) is 0 Å². The summed E-state index contributed by atoms with van der Waals surface area (Å²) in [7, 11) is 0. The molecule has 110 valence electrons. The Morgan fingerprint density at radius 3 is 1.27 bits per heavy atom. The van der Waals surface area contributed by atoms with Gasteiger partial charge < -0.3 is 0 Å². The van der Waals surface area contributed by atoms with E-state index in [1.165, 1.54) is 38.9 Å². The highest BCUT2D eigenvalue weighted by Crippen LogP contribution is 2.40. The van der Waals surface area contributed by atoms with Crippen LogP contribution >= 0.6 is 12.6 Å². The molecule has 0 heterocycles. The van der Waals surface area contributed by atoms with Crippen LogP contribution in [0.5, 0.6) is 0 Å². The van der Waals surface area contributed by atoms with Crippen molar-refractivity contribution in [2.45, 2.75) is 25.7 Å². The standard InChI is InChI=1S/C21H20S/c1-14-19(17-10-6-4-7-11-17)15(2)21(22)16(3)20(14)18-12-8-5-9-13-18/h4-13,22H,1-3H3. The Morgan fingerprint density at radius 2 is 0.909 bits per heavy atom. The van der Waals surface area contributed by atoms with Gasteiger partial charge in [0, 0.05) is 4.90 Å². The lowest BCUT2D eigenvalue weighted by molar-refractivity contribution is 1.20. The van der Waals surface area contributed by atoms with Crippen LogP contribution in [-0.4, -0.2) is 0 Å². The van der Waals surface area contributed by atoms with E-state index in [2.05, 4.69) is 81.4 Å². The van der Waals surface area contributed by atoms with Gasteiger partial charge in [0.1, 0.15) is 0 Å². The van der Waals surface area contributed by atoms with Crippen LogP contribution in [0.2, 0.25) is 0 Å². The van der Waals surface area contributed by atoms with Gasteiger partial charge in [-0.1, -0.05) is 60.7 Å². The van der Waals surface area contributed by atoms with E-state index < -0.39 is 0 Å². The predicted molar refractivity (Wildman–Crippen MR) is 98.8 cm³/mol. The van der Waals surface area contributed by atoms with Crippen molar-refractivity contribution in [1.29, 1.82) is 0 Å². The van der Waals surface area contributed by atoms with Crippen molar-refractivity contribution in [2.75, 3.05) is 0 Å². The molecule has 0 aliphatic heterocycles. The van der Waals surface area contributed by atoms with Gasteiger partial charge in [-0.2, -0.15) is 0 Å². The van der Waals surface area contributed by atoms with E-state index >= 15 is 0 Å². The molecule has 0 bridgehead atoms. The normalized spacial score (nSPS) is 10.7. The van der Waals surface area contributed by atoms with Crippen LogP contribution in [0, 0.1) is 20.8 Å². The number of thiol groups is 1. The summed E-state index contributed by atoms with van der Waals surface area (Å²) >= 11 is 4.80. The molecule has 0 N–H and O–H groups in total. The molecule has 3 aromatic carbocycles. The molecular weight excluding hydrogens is 284 g/mol. The average Bonchev–Trinajstić information content (AvgIpc) is 2.55. The number of hydrogen-bond donors (Lipinski definition) is 1. The average molecular weight is 304 g/mol. The van der Waals surface area contributed by atoms with E-state index in [1.54, 1.807) is 0 Å². The van der Waals surface area contributed by atoms with Crippen molar-refractivity contribution in [3.8, 4) is 22.3 Å². The van der Waals surface area contributed by atoms with Crippen molar-refractivity contribution in [3.05, 3.63) is 77.4 Å². The summed E-state index contributed by atoms with van der Waals surface area (Å²) in [6, 6.07) is 21.2. The van der Waals surface area contributed by atoms with Crippen LogP contribution in [0.25, 0.3) is 22.3 Å². The molecule has 0 spiro atoms. The van der Waals surface area contributed by atoms with Gasteiger partial charge >= 0.3 is 0 Å². The van der Waals surface area contributed by atoms with Crippen LogP contribution in [0.4, 0.5) is 0 Å². The third kappa shape index (κ3) is 2.46. The van der Waals surface area contributed by atoms with E-state index in [9.17, 15) is 0 Å². The summed E-state index contributed by atoms with van der Waals surface area (Å²) < 4.78 is 0. The monoisotopic (exact) mass is 304 g/mol. The molecule has 3 rings (SSSR count). The van der Waals surface area contributed by atoms with Gasteiger partial charge in [-0.15, -0.1) is 12.6 Å². The van der Waals surface area contributed by atoms with E-state index in [0.29, 0.717) is 0 Å². The number of hydrogen-bond acceptors (Lipinski definition) is 1. The molecule has 0 radical (unpaired) electrons. The number of rotatable bonds is 2. The van der Waals surface area contributed by atoms with Crippen molar-refractivity contribution < 1.29 is 0 Å². The first-order valence-electron chi connectivity index (χ1n) is 7.54. The van der Waals surface area contributed by atoms with Gasteiger partial charge in [0.15, 0.2) is 0 Å². The first-order chi connectivity index (χ1) is 10.6. The lowest BCUT2D eigenvalue weighted by Gasteiger charge is -2.20. The smallest absolute Gasteiger partial charge is 0.0111 e. The highest BCUT2D eigenvalue weighted by Gasteiger charge is 2.17. The number of benzene rings is 3. The third-order valence-corrected chi connectivity index (χ3v) is 5.01. The molecule has 0 saturated carbocycles. The molecular formula is C21H20S. The van der Waals surface area contributed by atoms with E-state index in [0.717, 1.165) is 4.90 Å². The second-order valence-electron chi connectivity index (χ2n) is 5.71. The van der Waals surface area contributed by atoms with E-state index in [1.807, 2.05) is 0 Å². The fourth-order valence-corrected chi connectivity index (χ4v) is 3.50. The van der Waals surface area contributed by atoms with Gasteiger partial charge in [-0.25, -0.2) is 0 Å². The minimum Gasteiger partial charge on any atom is -0.143 e. The van der Waals surface area contributed by atoms with E-state index in [-0.39, 0.29) is 0 Å². The highest BCUT2D eigenvalue weighted by atomic mass is 32.1. The second kappa shape index (κ2) is 6.02. The first-order valence-corrected chi connectivity index (χ1v) is 7.99. The Kier molecular flexibility index (Phi) is 4.08. The summed E-state index contributed by atoms with van der Waals surface area (Å²) in [5, 5.41) is 0. The molecule has 1 heteroatoms. The minimum atomic E-state index is 1.09. The largest absolute Gasteiger partial charge is 0.143 e. The Bertz CT molecular complexity index is 736. The summed E-state index contributed by atoms with van der Waals surface area (Å²) in [5.74, 6) is 0. The van der Waals surface area contributed by atoms with Crippen LogP contribution in [-0.2, 0) is 0 Å². The summed E-state index contributed by atoms with van der Waals surface area (Å²) in [6.07, 6.45) is 0. The zero-order valence-corrected chi connectivity index (χ0v) is 14.1. The molecule has 22 heavy (non-hydrogen) atoms. The molecule has 0 fully saturated rings. The van der Waals surface area contributed by atoms with Crippen molar-refractivity contribution in [2.24, 2.45) is 0 Å². The lowest BCUT2D eigenvalue weighted by Crippen LogP contribution is -1.98. The third-order valence-electron chi connectivity index (χ3n) is 4.34. The summed E-state index contributed by atoms with van der Waals surface area (Å²) in [5.41, 5.74) is 8.94. The molecule has 0 aromatic heterocycles. The summed E-state index contributed by atoms with van der Waals surface area (Å²) in [6.45, 7) is 6.55. The molecule has 0 nitrogen and oxygen atoms in total. The minimum absolute atomic E-state index is 1.09. The Balaban J connectivity index is 2.36. The molecule has 0 atom stereocenters. The Hall–Kier alpha value is -1.99. The molecule has 0 aliphatic carbocycles.